The Balaban J connectivity index is 1.12. The van der Waals surface area contributed by atoms with Gasteiger partial charge in [0.25, 0.3) is 0 Å². The number of pyridine rings is 1. The van der Waals surface area contributed by atoms with Gasteiger partial charge in [-0.3, -0.25) is 0 Å². The molecule has 4 aromatic heterocycles. The van der Waals surface area contributed by atoms with Crippen molar-refractivity contribution in [2.45, 2.75) is 0 Å². The van der Waals surface area contributed by atoms with Crippen LogP contribution >= 0.6 is 0 Å². The molecule has 0 fully saturated rings. The van der Waals surface area contributed by atoms with Crippen molar-refractivity contribution in [2.24, 2.45) is 0 Å². The quantitative estimate of drug-likeness (QED) is 0.175. The highest BCUT2D eigenvalue weighted by molar-refractivity contribution is 6.24. The van der Waals surface area contributed by atoms with Crippen LogP contribution in [0.1, 0.15) is 0 Å². The van der Waals surface area contributed by atoms with E-state index in [-0.39, 0.29) is 0 Å². The standard InChI is InChI=1S/C47H27N3O2/c1-3-11-28(12-4-1)39-27-40(30-19-21-33-32-15-8-10-18-41(32)51-43(33)26-30)50-47(49-39)31-20-24-42-37(25-31)34-22-23-36-44(46(34)52-42)35-16-7-9-17-38(35)48-45(36)29-13-5-2-6-14-29/h1-27H. The van der Waals surface area contributed by atoms with Crippen LogP contribution in [-0.2, 0) is 0 Å². The number of hydrogen-bond acceptors (Lipinski definition) is 5. The summed E-state index contributed by atoms with van der Waals surface area (Å²) in [6.45, 7) is 0. The number of nitrogens with zero attached hydrogens (tertiary/aromatic N) is 3. The molecule has 0 amide bonds. The topological polar surface area (TPSA) is 65.0 Å². The van der Waals surface area contributed by atoms with Crippen LogP contribution in [0.2, 0.25) is 0 Å². The Kier molecular flexibility index (Phi) is 6.18. The first kappa shape index (κ1) is 28.7. The van der Waals surface area contributed by atoms with Crippen molar-refractivity contribution in [3.8, 4) is 45.2 Å². The van der Waals surface area contributed by atoms with Gasteiger partial charge in [0.15, 0.2) is 5.82 Å². The molecule has 0 bridgehead atoms. The summed E-state index contributed by atoms with van der Waals surface area (Å²) in [6.07, 6.45) is 0. The van der Waals surface area contributed by atoms with E-state index in [0.717, 1.165) is 105 Å². The van der Waals surface area contributed by atoms with Gasteiger partial charge in [-0.2, -0.15) is 0 Å². The molecule has 0 aliphatic heterocycles. The third kappa shape index (κ3) is 4.46. The predicted molar refractivity (Wildman–Crippen MR) is 211 cm³/mol. The van der Waals surface area contributed by atoms with Crippen LogP contribution in [0.3, 0.4) is 0 Å². The minimum absolute atomic E-state index is 0.638. The third-order valence-electron chi connectivity index (χ3n) is 10.1. The van der Waals surface area contributed by atoms with Crippen molar-refractivity contribution >= 4 is 65.6 Å². The van der Waals surface area contributed by atoms with Crippen LogP contribution in [-0.4, -0.2) is 15.0 Å². The molecule has 242 valence electrons. The van der Waals surface area contributed by atoms with Crippen LogP contribution in [0.4, 0.5) is 0 Å². The van der Waals surface area contributed by atoms with Crippen LogP contribution < -0.4 is 0 Å². The van der Waals surface area contributed by atoms with Crippen LogP contribution in [0.25, 0.3) is 111 Å². The second kappa shape index (κ2) is 11.2. The monoisotopic (exact) mass is 665 g/mol. The van der Waals surface area contributed by atoms with Gasteiger partial charge in [-0.15, -0.1) is 0 Å². The molecule has 0 N–H and O–H groups in total. The smallest absolute Gasteiger partial charge is 0.160 e. The zero-order chi connectivity index (χ0) is 34.2. The summed E-state index contributed by atoms with van der Waals surface area (Å²) >= 11 is 0. The SMILES string of the molecule is c1ccc(-c2cc(-c3ccc4c(c3)oc3ccccc34)nc(-c3ccc4oc5c(ccc6c(-c7ccccc7)nc7ccccc7c65)c4c3)n2)cc1. The Morgan fingerprint density at radius 1 is 0.346 bits per heavy atom. The van der Waals surface area contributed by atoms with Crippen molar-refractivity contribution in [3.63, 3.8) is 0 Å². The van der Waals surface area contributed by atoms with Crippen molar-refractivity contribution in [1.29, 1.82) is 0 Å². The molecule has 52 heavy (non-hydrogen) atoms. The Bertz CT molecular complexity index is 3180. The number of rotatable bonds is 4. The first-order valence-electron chi connectivity index (χ1n) is 17.3. The molecule has 0 aliphatic carbocycles. The lowest BCUT2D eigenvalue weighted by atomic mass is 9.97. The Hall–Kier alpha value is -7.11. The van der Waals surface area contributed by atoms with Crippen LogP contribution in [0, 0.1) is 0 Å². The molecule has 0 radical (unpaired) electrons. The maximum Gasteiger partial charge on any atom is 0.160 e. The zero-order valence-corrected chi connectivity index (χ0v) is 27.7. The van der Waals surface area contributed by atoms with E-state index in [1.807, 2.05) is 54.6 Å². The van der Waals surface area contributed by atoms with Crippen molar-refractivity contribution in [3.05, 3.63) is 164 Å². The fourth-order valence-electron chi connectivity index (χ4n) is 7.59. The lowest BCUT2D eigenvalue weighted by Crippen LogP contribution is -1.96. The predicted octanol–water partition coefficient (Wildman–Crippen LogP) is 12.6. The fraction of sp³-hybridized carbons (Fsp3) is 0. The summed E-state index contributed by atoms with van der Waals surface area (Å²) < 4.78 is 13.0. The van der Waals surface area contributed by atoms with Gasteiger partial charge in [-0.1, -0.05) is 109 Å². The molecule has 0 saturated heterocycles. The van der Waals surface area contributed by atoms with E-state index in [4.69, 9.17) is 23.8 Å². The van der Waals surface area contributed by atoms with Gasteiger partial charge in [0.05, 0.1) is 22.6 Å². The lowest BCUT2D eigenvalue weighted by molar-refractivity contribution is 0.669. The van der Waals surface area contributed by atoms with Gasteiger partial charge in [-0.25, -0.2) is 15.0 Å². The van der Waals surface area contributed by atoms with Crippen molar-refractivity contribution in [2.75, 3.05) is 0 Å². The third-order valence-corrected chi connectivity index (χ3v) is 10.1. The van der Waals surface area contributed by atoms with Gasteiger partial charge >= 0.3 is 0 Å². The highest BCUT2D eigenvalue weighted by Gasteiger charge is 2.19. The number of fused-ring (bicyclic) bond motifs is 10. The Morgan fingerprint density at radius 3 is 1.83 bits per heavy atom. The lowest BCUT2D eigenvalue weighted by Gasteiger charge is -2.10. The molecule has 0 spiro atoms. The summed E-state index contributed by atoms with van der Waals surface area (Å²) in [7, 11) is 0. The second-order valence-electron chi connectivity index (χ2n) is 13.2. The number of aromatic nitrogens is 3. The molecule has 5 nitrogen and oxygen atoms in total. The molecule has 0 aliphatic rings. The minimum Gasteiger partial charge on any atom is -0.456 e. The molecule has 0 saturated carbocycles. The average molecular weight is 666 g/mol. The molecular formula is C47H27N3O2. The molecule has 0 unspecified atom stereocenters. The zero-order valence-electron chi connectivity index (χ0n) is 27.7. The second-order valence-corrected chi connectivity index (χ2v) is 13.2. The molecule has 7 aromatic carbocycles. The molecule has 5 heteroatoms. The van der Waals surface area contributed by atoms with Gasteiger partial charge in [-0.05, 0) is 54.6 Å². The maximum absolute atomic E-state index is 6.73. The molecule has 11 rings (SSSR count). The Morgan fingerprint density at radius 2 is 0.981 bits per heavy atom. The van der Waals surface area contributed by atoms with E-state index < -0.39 is 0 Å². The Labute approximate surface area is 297 Å². The number of benzene rings is 7. The van der Waals surface area contributed by atoms with E-state index in [1.54, 1.807) is 0 Å². The number of furan rings is 2. The van der Waals surface area contributed by atoms with Gasteiger partial charge in [0, 0.05) is 60.0 Å². The minimum atomic E-state index is 0.638. The van der Waals surface area contributed by atoms with E-state index in [1.165, 1.54) is 0 Å². The highest BCUT2D eigenvalue weighted by atomic mass is 16.3. The normalized spacial score (nSPS) is 11.8. The van der Waals surface area contributed by atoms with E-state index >= 15 is 0 Å². The first-order chi connectivity index (χ1) is 25.7. The van der Waals surface area contributed by atoms with Crippen LogP contribution in [0.15, 0.2) is 173 Å². The summed E-state index contributed by atoms with van der Waals surface area (Å²) in [4.78, 5) is 15.4. The maximum atomic E-state index is 6.73. The fourth-order valence-corrected chi connectivity index (χ4v) is 7.59. The summed E-state index contributed by atoms with van der Waals surface area (Å²) in [5.74, 6) is 0.638. The van der Waals surface area contributed by atoms with E-state index in [9.17, 15) is 0 Å². The van der Waals surface area contributed by atoms with Gasteiger partial charge in [0.2, 0.25) is 0 Å². The molecule has 4 heterocycles. The number of hydrogen-bond donors (Lipinski definition) is 0. The largest absolute Gasteiger partial charge is 0.456 e. The van der Waals surface area contributed by atoms with Crippen LogP contribution in [0.5, 0.6) is 0 Å². The first-order valence-corrected chi connectivity index (χ1v) is 17.3. The highest BCUT2D eigenvalue weighted by Crippen LogP contribution is 2.42. The van der Waals surface area contributed by atoms with Gasteiger partial charge in [0.1, 0.15) is 22.3 Å². The summed E-state index contributed by atoms with van der Waals surface area (Å²) in [6, 6.07) is 56.0. The number of para-hydroxylation sites is 2. The van der Waals surface area contributed by atoms with E-state index in [2.05, 4.69) is 109 Å². The summed E-state index contributed by atoms with van der Waals surface area (Å²) in [5, 5.41) is 7.41. The van der Waals surface area contributed by atoms with Crippen molar-refractivity contribution < 1.29 is 8.83 Å². The average Bonchev–Trinajstić information content (AvgIpc) is 3.78. The molecular weight excluding hydrogens is 639 g/mol. The van der Waals surface area contributed by atoms with Gasteiger partial charge < -0.3 is 8.83 Å². The van der Waals surface area contributed by atoms with E-state index in [0.29, 0.717) is 5.82 Å². The summed E-state index contributed by atoms with van der Waals surface area (Å²) in [5.41, 5.74) is 10.9. The molecule has 0 atom stereocenters. The molecule has 11 aromatic rings. The van der Waals surface area contributed by atoms with Crippen molar-refractivity contribution in [1.82, 2.24) is 15.0 Å².